The molecular formula is C8H9N5O2. The molecule has 0 aromatic carbocycles. The van der Waals surface area contributed by atoms with Gasteiger partial charge in [0, 0.05) is 13.1 Å². The second-order valence-electron chi connectivity index (χ2n) is 2.63. The van der Waals surface area contributed by atoms with E-state index < -0.39 is 0 Å². The van der Waals surface area contributed by atoms with E-state index >= 15 is 0 Å². The molecule has 0 spiro atoms. The molecule has 0 bridgehead atoms. The van der Waals surface area contributed by atoms with Crippen LogP contribution in [0.4, 0.5) is 6.01 Å². The Bertz CT molecular complexity index is 439. The first-order valence-electron chi connectivity index (χ1n) is 4.23. The molecule has 0 radical (unpaired) electrons. The van der Waals surface area contributed by atoms with Gasteiger partial charge >= 0.3 is 6.01 Å². The molecule has 0 atom stereocenters. The average molecular weight is 207 g/mol. The molecule has 7 heteroatoms. The Morgan fingerprint density at radius 1 is 1.33 bits per heavy atom. The van der Waals surface area contributed by atoms with Crippen molar-refractivity contribution >= 4 is 6.01 Å². The van der Waals surface area contributed by atoms with E-state index in [4.69, 9.17) is 9.26 Å². The smallest absolute Gasteiger partial charge is 0.321 e. The number of methoxy groups -OCH3 is 1. The van der Waals surface area contributed by atoms with Crippen molar-refractivity contribution in [1.29, 1.82) is 0 Å². The van der Waals surface area contributed by atoms with Crippen molar-refractivity contribution in [3.8, 4) is 17.4 Å². The van der Waals surface area contributed by atoms with Crippen LogP contribution in [-0.2, 0) is 0 Å². The molecule has 2 rings (SSSR count). The lowest BCUT2D eigenvalue weighted by atomic mass is 10.4. The molecule has 7 nitrogen and oxygen atoms in total. The Kier molecular flexibility index (Phi) is 2.44. The minimum absolute atomic E-state index is 0.336. The maximum absolute atomic E-state index is 4.88. The summed E-state index contributed by atoms with van der Waals surface area (Å²) in [5, 5.41) is 14.1. The van der Waals surface area contributed by atoms with Crippen LogP contribution in [0.1, 0.15) is 0 Å². The van der Waals surface area contributed by atoms with Crippen molar-refractivity contribution in [3.63, 3.8) is 0 Å². The second-order valence-corrected chi connectivity index (χ2v) is 2.63. The molecule has 0 amide bonds. The number of rotatable bonds is 3. The Balaban J connectivity index is 2.28. The molecule has 0 saturated heterocycles. The summed E-state index contributed by atoms with van der Waals surface area (Å²) in [6.07, 6.45) is 0. The van der Waals surface area contributed by atoms with Crippen LogP contribution >= 0.6 is 0 Å². The quantitative estimate of drug-likeness (QED) is 0.787. The topological polar surface area (TPSA) is 86.0 Å². The van der Waals surface area contributed by atoms with Crippen molar-refractivity contribution in [2.75, 3.05) is 19.5 Å². The van der Waals surface area contributed by atoms with Gasteiger partial charge in [-0.1, -0.05) is 5.16 Å². The number of nitrogens with one attached hydrogen (secondary N) is 1. The highest BCUT2D eigenvalue weighted by molar-refractivity contribution is 5.49. The lowest BCUT2D eigenvalue weighted by molar-refractivity contribution is 0.392. The summed E-state index contributed by atoms with van der Waals surface area (Å²) in [6.45, 7) is 0. The first-order chi connectivity index (χ1) is 7.33. The summed E-state index contributed by atoms with van der Waals surface area (Å²) in [6, 6.07) is 3.72. The fourth-order valence-corrected chi connectivity index (χ4v) is 0.977. The van der Waals surface area contributed by atoms with Gasteiger partial charge in [-0.05, 0) is 6.07 Å². The molecule has 0 aliphatic carbocycles. The maximum atomic E-state index is 4.88. The van der Waals surface area contributed by atoms with Crippen LogP contribution in [0.3, 0.4) is 0 Å². The van der Waals surface area contributed by atoms with Crippen molar-refractivity contribution < 1.29 is 9.26 Å². The first kappa shape index (κ1) is 9.38. The predicted molar refractivity (Wildman–Crippen MR) is 51.4 cm³/mol. The minimum atomic E-state index is 0.336. The number of aromatic nitrogens is 4. The molecule has 2 aromatic heterocycles. The van der Waals surface area contributed by atoms with Crippen LogP contribution in [0.5, 0.6) is 5.88 Å². The van der Waals surface area contributed by atoms with Gasteiger partial charge in [0.1, 0.15) is 5.69 Å². The Morgan fingerprint density at radius 3 is 2.73 bits per heavy atom. The van der Waals surface area contributed by atoms with Crippen LogP contribution in [0, 0.1) is 0 Å². The van der Waals surface area contributed by atoms with E-state index in [-0.39, 0.29) is 0 Å². The minimum Gasteiger partial charge on any atom is -0.480 e. The summed E-state index contributed by atoms with van der Waals surface area (Å²) < 4.78 is 9.73. The van der Waals surface area contributed by atoms with Gasteiger partial charge in [-0.25, -0.2) is 0 Å². The van der Waals surface area contributed by atoms with Crippen molar-refractivity contribution in [2.45, 2.75) is 0 Å². The van der Waals surface area contributed by atoms with E-state index in [0.29, 0.717) is 23.4 Å². The van der Waals surface area contributed by atoms with Crippen molar-refractivity contribution in [1.82, 2.24) is 20.3 Å². The van der Waals surface area contributed by atoms with Crippen molar-refractivity contribution in [3.05, 3.63) is 12.1 Å². The molecule has 0 unspecified atom stereocenters. The summed E-state index contributed by atoms with van der Waals surface area (Å²) in [4.78, 5) is 4.02. The van der Waals surface area contributed by atoms with E-state index in [0.717, 1.165) is 0 Å². The molecule has 0 fully saturated rings. The SMILES string of the molecule is CNc1nc(-c2ccc(OC)nn2)no1. The Hall–Kier alpha value is -2.18. The number of hydrogen-bond acceptors (Lipinski definition) is 7. The van der Waals surface area contributed by atoms with Gasteiger partial charge in [-0.3, -0.25) is 0 Å². The lowest BCUT2D eigenvalue weighted by Crippen LogP contribution is -1.93. The number of ether oxygens (including phenoxy) is 1. The summed E-state index contributed by atoms with van der Waals surface area (Å²) in [7, 11) is 3.22. The van der Waals surface area contributed by atoms with Crippen LogP contribution in [-0.4, -0.2) is 34.5 Å². The third-order valence-electron chi connectivity index (χ3n) is 1.72. The Morgan fingerprint density at radius 2 is 2.20 bits per heavy atom. The highest BCUT2D eigenvalue weighted by Crippen LogP contribution is 2.15. The third kappa shape index (κ3) is 1.85. The summed E-state index contributed by atoms with van der Waals surface area (Å²) >= 11 is 0. The first-order valence-corrected chi connectivity index (χ1v) is 4.23. The largest absolute Gasteiger partial charge is 0.480 e. The zero-order chi connectivity index (χ0) is 10.7. The van der Waals surface area contributed by atoms with Gasteiger partial charge in [0.2, 0.25) is 11.7 Å². The van der Waals surface area contributed by atoms with E-state index in [9.17, 15) is 0 Å². The number of nitrogens with zero attached hydrogens (tertiary/aromatic N) is 4. The molecule has 78 valence electrons. The molecule has 0 aliphatic rings. The molecule has 0 aliphatic heterocycles. The molecule has 1 N–H and O–H groups in total. The standard InChI is InChI=1S/C8H9N5O2/c1-9-8-10-7(13-15-8)5-3-4-6(14-2)12-11-5/h3-4H,1-2H3,(H,9,10,13). The molecule has 2 heterocycles. The summed E-state index contributed by atoms with van der Waals surface area (Å²) in [5.74, 6) is 0.825. The van der Waals surface area contributed by atoms with Crippen LogP contribution < -0.4 is 10.1 Å². The number of anilines is 1. The zero-order valence-electron chi connectivity index (χ0n) is 8.26. The number of hydrogen-bond donors (Lipinski definition) is 1. The van der Waals surface area contributed by atoms with E-state index in [1.807, 2.05) is 0 Å². The Labute approximate surface area is 85.5 Å². The maximum Gasteiger partial charge on any atom is 0.321 e. The van der Waals surface area contributed by atoms with Gasteiger partial charge in [-0.15, -0.1) is 10.2 Å². The van der Waals surface area contributed by atoms with E-state index in [1.54, 1.807) is 19.2 Å². The molecule has 0 saturated carbocycles. The monoisotopic (exact) mass is 207 g/mol. The van der Waals surface area contributed by atoms with Gasteiger partial charge < -0.3 is 14.6 Å². The highest BCUT2D eigenvalue weighted by Gasteiger charge is 2.09. The summed E-state index contributed by atoms with van der Waals surface area (Å²) in [5.41, 5.74) is 0.529. The fourth-order valence-electron chi connectivity index (χ4n) is 0.977. The zero-order valence-corrected chi connectivity index (χ0v) is 8.26. The van der Waals surface area contributed by atoms with Gasteiger partial charge in [0.15, 0.2) is 0 Å². The predicted octanol–water partition coefficient (Wildman–Crippen LogP) is 0.577. The van der Waals surface area contributed by atoms with Gasteiger partial charge in [-0.2, -0.15) is 4.98 Å². The van der Waals surface area contributed by atoms with Crippen LogP contribution in [0.25, 0.3) is 11.5 Å². The third-order valence-corrected chi connectivity index (χ3v) is 1.72. The molecular weight excluding hydrogens is 198 g/mol. The van der Waals surface area contributed by atoms with Crippen LogP contribution in [0.2, 0.25) is 0 Å². The average Bonchev–Trinajstić information content (AvgIpc) is 2.78. The lowest BCUT2D eigenvalue weighted by Gasteiger charge is -1.96. The van der Waals surface area contributed by atoms with Crippen molar-refractivity contribution in [2.24, 2.45) is 0 Å². The fraction of sp³-hybridized carbons (Fsp3) is 0.250. The molecule has 2 aromatic rings. The normalized spacial score (nSPS) is 10.0. The van der Waals surface area contributed by atoms with Gasteiger partial charge in [0.25, 0.3) is 0 Å². The van der Waals surface area contributed by atoms with E-state index in [2.05, 4.69) is 25.7 Å². The highest BCUT2D eigenvalue weighted by atomic mass is 16.5. The van der Waals surface area contributed by atoms with E-state index in [1.165, 1.54) is 7.11 Å². The molecule has 15 heavy (non-hydrogen) atoms. The van der Waals surface area contributed by atoms with Crippen LogP contribution in [0.15, 0.2) is 16.7 Å². The van der Waals surface area contributed by atoms with Gasteiger partial charge in [0.05, 0.1) is 7.11 Å². The second kappa shape index (κ2) is 3.91.